The van der Waals surface area contributed by atoms with Gasteiger partial charge >= 0.3 is 12.0 Å². The summed E-state index contributed by atoms with van der Waals surface area (Å²) in [5.41, 5.74) is 16.6. The molecule has 0 fully saturated rings. The molecule has 176 valence electrons. The number of anilines is 1. The highest BCUT2D eigenvalue weighted by Gasteiger charge is 2.14. The van der Waals surface area contributed by atoms with Crippen LogP contribution in [0.15, 0.2) is 84.4 Å². The summed E-state index contributed by atoms with van der Waals surface area (Å²) >= 11 is 1.54. The Bertz CT molecular complexity index is 1430. The number of hydrogen-bond donors (Lipinski definition) is 5. The molecule has 0 aliphatic heterocycles. The number of amides is 2. The minimum Gasteiger partial charge on any atom is -0.481 e. The molecule has 0 bridgehead atoms. The van der Waals surface area contributed by atoms with Crippen molar-refractivity contribution in [3.05, 3.63) is 90.0 Å². The number of urea groups is 1. The largest absolute Gasteiger partial charge is 0.481 e. The van der Waals surface area contributed by atoms with Crippen LogP contribution in [0.5, 0.6) is 0 Å². The summed E-state index contributed by atoms with van der Waals surface area (Å²) in [6.45, 7) is 0. The SMILES string of the molecule is N/C=C\C=C(/N)NC(=O)Nc1ccc(-c2ncnc3c(-c4ccc(CC(=O)O)cc4)csc23)cc1. The van der Waals surface area contributed by atoms with Crippen molar-refractivity contribution in [3.63, 3.8) is 0 Å². The Kier molecular flexibility index (Phi) is 7.03. The minimum atomic E-state index is -0.862. The third-order valence-electron chi connectivity index (χ3n) is 5.03. The van der Waals surface area contributed by atoms with E-state index in [0.717, 1.165) is 38.2 Å². The van der Waals surface area contributed by atoms with E-state index in [0.29, 0.717) is 5.69 Å². The van der Waals surface area contributed by atoms with Crippen LogP contribution < -0.4 is 22.1 Å². The van der Waals surface area contributed by atoms with Crippen LogP contribution in [0.2, 0.25) is 0 Å². The van der Waals surface area contributed by atoms with Crippen molar-refractivity contribution < 1.29 is 14.7 Å². The van der Waals surface area contributed by atoms with E-state index in [-0.39, 0.29) is 12.2 Å². The van der Waals surface area contributed by atoms with Crippen molar-refractivity contribution in [1.29, 1.82) is 0 Å². The second-order valence-electron chi connectivity index (χ2n) is 7.48. The van der Waals surface area contributed by atoms with Gasteiger partial charge in [-0.15, -0.1) is 11.3 Å². The quantitative estimate of drug-likeness (QED) is 0.247. The molecular formula is C25H22N6O3S. The number of benzene rings is 2. The number of nitrogens with two attached hydrogens (primary N) is 2. The summed E-state index contributed by atoms with van der Waals surface area (Å²) in [5, 5.41) is 16.2. The maximum atomic E-state index is 12.1. The first-order valence-corrected chi connectivity index (χ1v) is 11.4. The van der Waals surface area contributed by atoms with Gasteiger partial charge in [0.25, 0.3) is 0 Å². The predicted octanol–water partition coefficient (Wildman–Crippen LogP) is 4.05. The molecule has 0 unspecified atom stereocenters. The molecule has 4 rings (SSSR count). The molecule has 0 saturated carbocycles. The summed E-state index contributed by atoms with van der Waals surface area (Å²) in [7, 11) is 0. The van der Waals surface area contributed by atoms with Gasteiger partial charge < -0.3 is 21.9 Å². The number of nitrogens with zero attached hydrogens (tertiary/aromatic N) is 2. The normalized spacial score (nSPS) is 11.6. The van der Waals surface area contributed by atoms with Gasteiger partial charge in [-0.05, 0) is 41.6 Å². The number of allylic oxidation sites excluding steroid dienone is 2. The first-order valence-electron chi connectivity index (χ1n) is 10.5. The van der Waals surface area contributed by atoms with Crippen LogP contribution in [0.25, 0.3) is 32.6 Å². The van der Waals surface area contributed by atoms with E-state index in [1.165, 1.54) is 36.0 Å². The third kappa shape index (κ3) is 5.63. The topological polar surface area (TPSA) is 156 Å². The van der Waals surface area contributed by atoms with Gasteiger partial charge in [-0.25, -0.2) is 14.8 Å². The zero-order chi connectivity index (χ0) is 24.8. The highest BCUT2D eigenvalue weighted by molar-refractivity contribution is 7.18. The summed E-state index contributed by atoms with van der Waals surface area (Å²) in [5.74, 6) is -0.701. The first kappa shape index (κ1) is 23.5. The fourth-order valence-electron chi connectivity index (χ4n) is 3.44. The Labute approximate surface area is 204 Å². The number of carbonyl (C=O) groups excluding carboxylic acids is 1. The van der Waals surface area contributed by atoms with E-state index in [9.17, 15) is 9.59 Å². The second kappa shape index (κ2) is 10.5. The number of rotatable bonds is 7. The molecule has 2 aromatic heterocycles. The Morgan fingerprint density at radius 3 is 2.43 bits per heavy atom. The summed E-state index contributed by atoms with van der Waals surface area (Å²) in [4.78, 5) is 32.0. The van der Waals surface area contributed by atoms with E-state index < -0.39 is 12.0 Å². The lowest BCUT2D eigenvalue weighted by atomic mass is 10.0. The van der Waals surface area contributed by atoms with Crippen molar-refractivity contribution in [3.8, 4) is 22.4 Å². The molecule has 2 aromatic carbocycles. The Hall–Kier alpha value is -4.70. The molecule has 0 spiro atoms. The van der Waals surface area contributed by atoms with Crippen molar-refractivity contribution >= 4 is 39.2 Å². The molecule has 0 saturated heterocycles. The molecule has 10 heteroatoms. The molecule has 2 heterocycles. The molecular weight excluding hydrogens is 464 g/mol. The number of aliphatic carboxylic acids is 1. The fraction of sp³-hybridized carbons (Fsp3) is 0.0400. The maximum Gasteiger partial charge on any atom is 0.324 e. The maximum absolute atomic E-state index is 12.1. The highest BCUT2D eigenvalue weighted by Crippen LogP contribution is 2.37. The molecule has 0 aliphatic rings. The van der Waals surface area contributed by atoms with Crippen LogP contribution in [0.4, 0.5) is 10.5 Å². The number of carboxylic acids is 1. The number of nitrogens with one attached hydrogen (secondary N) is 2. The van der Waals surface area contributed by atoms with E-state index >= 15 is 0 Å². The molecule has 0 radical (unpaired) electrons. The Morgan fingerprint density at radius 1 is 1.03 bits per heavy atom. The second-order valence-corrected chi connectivity index (χ2v) is 8.36. The van der Waals surface area contributed by atoms with Gasteiger partial charge in [-0.3, -0.25) is 10.1 Å². The molecule has 0 atom stereocenters. The molecule has 9 nitrogen and oxygen atoms in total. The number of aromatic nitrogens is 2. The van der Waals surface area contributed by atoms with Crippen LogP contribution in [0, 0.1) is 0 Å². The van der Waals surface area contributed by atoms with Crippen LogP contribution in [0.1, 0.15) is 5.56 Å². The zero-order valence-corrected chi connectivity index (χ0v) is 19.3. The van der Waals surface area contributed by atoms with Crippen molar-refractivity contribution in [2.75, 3.05) is 5.32 Å². The molecule has 35 heavy (non-hydrogen) atoms. The highest BCUT2D eigenvalue weighted by atomic mass is 32.1. The average Bonchev–Trinajstić information content (AvgIpc) is 3.28. The zero-order valence-electron chi connectivity index (χ0n) is 18.4. The van der Waals surface area contributed by atoms with Gasteiger partial charge in [0.05, 0.1) is 22.3 Å². The number of thiophene rings is 1. The van der Waals surface area contributed by atoms with Gasteiger partial charge in [-0.2, -0.15) is 0 Å². The monoisotopic (exact) mass is 486 g/mol. The molecule has 2 amide bonds. The lowest BCUT2D eigenvalue weighted by Gasteiger charge is -2.08. The number of carbonyl (C=O) groups is 2. The van der Waals surface area contributed by atoms with Gasteiger partial charge in [0.1, 0.15) is 12.1 Å². The lowest BCUT2D eigenvalue weighted by Crippen LogP contribution is -2.31. The predicted molar refractivity (Wildman–Crippen MR) is 137 cm³/mol. The van der Waals surface area contributed by atoms with Gasteiger partial charge in [0.15, 0.2) is 0 Å². The smallest absolute Gasteiger partial charge is 0.324 e. The van der Waals surface area contributed by atoms with E-state index in [1.54, 1.807) is 12.1 Å². The number of fused-ring (bicyclic) bond motifs is 1. The van der Waals surface area contributed by atoms with Crippen LogP contribution in [-0.4, -0.2) is 27.1 Å². The van der Waals surface area contributed by atoms with Crippen LogP contribution >= 0.6 is 11.3 Å². The van der Waals surface area contributed by atoms with Crippen molar-refractivity contribution in [2.24, 2.45) is 11.5 Å². The van der Waals surface area contributed by atoms with Gasteiger partial charge in [0.2, 0.25) is 0 Å². The van der Waals surface area contributed by atoms with Crippen LogP contribution in [-0.2, 0) is 11.2 Å². The third-order valence-corrected chi connectivity index (χ3v) is 6.01. The van der Waals surface area contributed by atoms with Crippen LogP contribution in [0.3, 0.4) is 0 Å². The standard InChI is InChI=1S/C25H22N6O3S/c26-11-1-2-20(27)31-25(34)30-18-9-7-17(8-10-18)22-24-23(29-14-28-22)19(13-35-24)16-5-3-15(4-6-16)12-21(32)33/h1-11,13-14H,12,26-27H2,(H,32,33)(H2,30,31,34)/b11-1-,20-2+. The number of carboxylic acid groups (broad SMARTS) is 1. The summed E-state index contributed by atoms with van der Waals surface area (Å²) in [6, 6.07) is 14.3. The Morgan fingerprint density at radius 2 is 1.74 bits per heavy atom. The first-order chi connectivity index (χ1) is 16.9. The lowest BCUT2D eigenvalue weighted by molar-refractivity contribution is -0.136. The molecule has 0 aliphatic carbocycles. The van der Waals surface area contributed by atoms with Crippen molar-refractivity contribution in [2.45, 2.75) is 6.42 Å². The number of hydrogen-bond acceptors (Lipinski definition) is 7. The van der Waals surface area contributed by atoms with E-state index in [2.05, 4.69) is 20.6 Å². The minimum absolute atomic E-state index is 0.0147. The summed E-state index contributed by atoms with van der Waals surface area (Å²) in [6.07, 6.45) is 5.81. The summed E-state index contributed by atoms with van der Waals surface area (Å²) < 4.78 is 0.932. The average molecular weight is 487 g/mol. The molecule has 7 N–H and O–H groups in total. The van der Waals surface area contributed by atoms with Crippen molar-refractivity contribution in [1.82, 2.24) is 15.3 Å². The van der Waals surface area contributed by atoms with E-state index in [1.807, 2.05) is 41.8 Å². The molecule has 4 aromatic rings. The van der Waals surface area contributed by atoms with Gasteiger partial charge in [-0.1, -0.05) is 36.4 Å². The Balaban J connectivity index is 1.54. The van der Waals surface area contributed by atoms with E-state index in [4.69, 9.17) is 16.6 Å². The van der Waals surface area contributed by atoms with Gasteiger partial charge in [0, 0.05) is 22.2 Å². The fourth-order valence-corrected chi connectivity index (χ4v) is 4.48.